The Morgan fingerprint density at radius 1 is 1.63 bits per heavy atom. The Morgan fingerprint density at radius 2 is 2.42 bits per heavy atom. The van der Waals surface area contributed by atoms with Crippen molar-refractivity contribution in [1.82, 2.24) is 10.3 Å². The summed E-state index contributed by atoms with van der Waals surface area (Å²) in [5.74, 6) is -0.0976. The molecule has 1 saturated carbocycles. The van der Waals surface area contributed by atoms with Gasteiger partial charge in [-0.3, -0.25) is 4.79 Å². The number of nitrogens with two attached hydrogens (primary N) is 1. The van der Waals surface area contributed by atoms with Gasteiger partial charge in [-0.15, -0.1) is 11.3 Å². The van der Waals surface area contributed by atoms with Crippen LogP contribution in [-0.2, 0) is 11.3 Å². The molecule has 0 spiro atoms. The number of hydrogen-bond donors (Lipinski definition) is 2. The van der Waals surface area contributed by atoms with Crippen LogP contribution in [0.2, 0.25) is 0 Å². The molecule has 1 heterocycles. The molecule has 106 valence electrons. The van der Waals surface area contributed by atoms with Crippen LogP contribution < -0.4 is 11.1 Å². The van der Waals surface area contributed by atoms with Crippen LogP contribution in [0.25, 0.3) is 0 Å². The molecule has 0 saturated heterocycles. The fourth-order valence-electron chi connectivity index (χ4n) is 2.38. The number of amides is 1. The van der Waals surface area contributed by atoms with Crippen molar-refractivity contribution < 1.29 is 9.53 Å². The lowest BCUT2D eigenvalue weighted by atomic mass is 9.67. The number of carbonyl (C=O) groups is 1. The third-order valence-electron chi connectivity index (χ3n) is 3.83. The molecule has 0 aliphatic heterocycles. The van der Waals surface area contributed by atoms with Gasteiger partial charge in [0.25, 0.3) is 5.91 Å². The van der Waals surface area contributed by atoms with E-state index in [2.05, 4.69) is 10.3 Å². The summed E-state index contributed by atoms with van der Waals surface area (Å²) in [5, 5.41) is 5.56. The van der Waals surface area contributed by atoms with Crippen molar-refractivity contribution in [3.05, 3.63) is 16.1 Å². The number of rotatable bonds is 7. The van der Waals surface area contributed by atoms with Crippen LogP contribution in [0.5, 0.6) is 0 Å². The van der Waals surface area contributed by atoms with E-state index in [0.29, 0.717) is 18.8 Å². The van der Waals surface area contributed by atoms with Crippen molar-refractivity contribution in [2.45, 2.75) is 32.2 Å². The zero-order valence-electron chi connectivity index (χ0n) is 11.3. The monoisotopic (exact) mass is 283 g/mol. The second-order valence-corrected chi connectivity index (χ2v) is 6.05. The van der Waals surface area contributed by atoms with Crippen molar-refractivity contribution in [3.8, 4) is 0 Å². The summed E-state index contributed by atoms with van der Waals surface area (Å²) in [6, 6.07) is 0. The molecule has 3 N–H and O–H groups in total. The van der Waals surface area contributed by atoms with Crippen LogP contribution in [0, 0.1) is 5.41 Å². The van der Waals surface area contributed by atoms with E-state index in [1.807, 2.05) is 0 Å². The molecule has 1 aliphatic carbocycles. The van der Waals surface area contributed by atoms with Gasteiger partial charge in [0.05, 0.1) is 0 Å². The summed E-state index contributed by atoms with van der Waals surface area (Å²) in [6.45, 7) is 1.85. The average molecular weight is 283 g/mol. The summed E-state index contributed by atoms with van der Waals surface area (Å²) in [7, 11) is 1.72. The lowest BCUT2D eigenvalue weighted by Crippen LogP contribution is -2.43. The quantitative estimate of drug-likeness (QED) is 0.795. The van der Waals surface area contributed by atoms with Crippen LogP contribution >= 0.6 is 11.3 Å². The molecule has 1 aliphatic rings. The van der Waals surface area contributed by atoms with E-state index >= 15 is 0 Å². The van der Waals surface area contributed by atoms with Gasteiger partial charge >= 0.3 is 0 Å². The number of ether oxygens (including phenoxy) is 1. The molecule has 2 rings (SSSR count). The summed E-state index contributed by atoms with van der Waals surface area (Å²) in [5.41, 5.74) is 6.21. The molecular weight excluding hydrogens is 262 g/mol. The SMILES string of the molecule is COCCC1(CNC(=O)c2csc(CN)n2)CCC1. The lowest BCUT2D eigenvalue weighted by Gasteiger charge is -2.42. The predicted molar refractivity (Wildman–Crippen MR) is 75.1 cm³/mol. The second kappa shape index (κ2) is 6.45. The minimum atomic E-state index is -0.0976. The number of nitrogens with one attached hydrogen (secondary N) is 1. The van der Waals surface area contributed by atoms with Crippen molar-refractivity contribution in [2.24, 2.45) is 11.1 Å². The zero-order chi connectivity index (χ0) is 13.7. The Labute approximate surface area is 117 Å². The maximum absolute atomic E-state index is 12.0. The largest absolute Gasteiger partial charge is 0.385 e. The number of thiazole rings is 1. The first kappa shape index (κ1) is 14.4. The third kappa shape index (κ3) is 3.52. The first-order valence-corrected chi connectivity index (χ1v) is 7.49. The van der Waals surface area contributed by atoms with E-state index in [9.17, 15) is 4.79 Å². The highest BCUT2D eigenvalue weighted by Gasteiger charge is 2.36. The fourth-order valence-corrected chi connectivity index (χ4v) is 3.03. The van der Waals surface area contributed by atoms with Gasteiger partial charge in [-0.2, -0.15) is 0 Å². The standard InChI is InChI=1S/C13H21N3O2S/c1-18-6-5-13(3-2-4-13)9-15-12(17)10-8-19-11(7-14)16-10/h8H,2-7,9,14H2,1H3,(H,15,17). The lowest BCUT2D eigenvalue weighted by molar-refractivity contribution is 0.0630. The van der Waals surface area contributed by atoms with E-state index in [-0.39, 0.29) is 11.3 Å². The second-order valence-electron chi connectivity index (χ2n) is 5.11. The fraction of sp³-hybridized carbons (Fsp3) is 0.692. The molecular formula is C13H21N3O2S. The molecule has 0 radical (unpaired) electrons. The number of aromatic nitrogens is 1. The molecule has 0 unspecified atom stereocenters. The predicted octanol–water partition coefficient (Wildman–Crippen LogP) is 1.54. The Kier molecular flexibility index (Phi) is 4.90. The van der Waals surface area contributed by atoms with E-state index in [1.54, 1.807) is 12.5 Å². The van der Waals surface area contributed by atoms with Crippen molar-refractivity contribution in [1.29, 1.82) is 0 Å². The van der Waals surface area contributed by atoms with Gasteiger partial charge in [0, 0.05) is 32.2 Å². The topological polar surface area (TPSA) is 77.2 Å². The Morgan fingerprint density at radius 3 is 2.95 bits per heavy atom. The molecule has 1 aromatic heterocycles. The Hall–Kier alpha value is -0.980. The van der Waals surface area contributed by atoms with Gasteiger partial charge in [0.2, 0.25) is 0 Å². The number of nitrogens with zero attached hydrogens (tertiary/aromatic N) is 1. The van der Waals surface area contributed by atoms with Crippen molar-refractivity contribution in [3.63, 3.8) is 0 Å². The van der Waals surface area contributed by atoms with Crippen LogP contribution in [0.1, 0.15) is 41.2 Å². The molecule has 5 nitrogen and oxygen atoms in total. The molecule has 1 aromatic rings. The van der Waals surface area contributed by atoms with E-state index in [4.69, 9.17) is 10.5 Å². The summed E-state index contributed by atoms with van der Waals surface area (Å²) < 4.78 is 5.15. The van der Waals surface area contributed by atoms with E-state index < -0.39 is 0 Å². The Bertz CT molecular complexity index is 429. The number of hydrogen-bond acceptors (Lipinski definition) is 5. The molecule has 0 atom stereocenters. The minimum absolute atomic E-state index is 0.0976. The highest BCUT2D eigenvalue weighted by atomic mass is 32.1. The molecule has 1 amide bonds. The van der Waals surface area contributed by atoms with Gasteiger partial charge in [0.1, 0.15) is 10.7 Å². The third-order valence-corrected chi connectivity index (χ3v) is 4.70. The molecule has 19 heavy (non-hydrogen) atoms. The van der Waals surface area contributed by atoms with Gasteiger partial charge in [-0.1, -0.05) is 6.42 Å². The smallest absolute Gasteiger partial charge is 0.270 e. The van der Waals surface area contributed by atoms with E-state index in [1.165, 1.54) is 30.6 Å². The van der Waals surface area contributed by atoms with Gasteiger partial charge in [-0.05, 0) is 24.7 Å². The van der Waals surface area contributed by atoms with Gasteiger partial charge in [-0.25, -0.2) is 4.98 Å². The molecule has 0 aromatic carbocycles. The van der Waals surface area contributed by atoms with E-state index in [0.717, 1.165) is 18.0 Å². The van der Waals surface area contributed by atoms with Gasteiger partial charge in [0.15, 0.2) is 0 Å². The minimum Gasteiger partial charge on any atom is -0.385 e. The maximum Gasteiger partial charge on any atom is 0.270 e. The number of carbonyl (C=O) groups excluding carboxylic acids is 1. The maximum atomic E-state index is 12.0. The first-order chi connectivity index (χ1) is 9.19. The van der Waals surface area contributed by atoms with Gasteiger partial charge < -0.3 is 15.8 Å². The summed E-state index contributed by atoms with van der Waals surface area (Å²) in [4.78, 5) is 16.2. The van der Waals surface area contributed by atoms with Crippen LogP contribution in [0.4, 0.5) is 0 Å². The van der Waals surface area contributed by atoms with Crippen LogP contribution in [0.3, 0.4) is 0 Å². The normalized spacial score (nSPS) is 16.9. The number of methoxy groups -OCH3 is 1. The first-order valence-electron chi connectivity index (χ1n) is 6.61. The molecule has 6 heteroatoms. The van der Waals surface area contributed by atoms with Crippen molar-refractivity contribution in [2.75, 3.05) is 20.3 Å². The van der Waals surface area contributed by atoms with Crippen LogP contribution in [0.15, 0.2) is 5.38 Å². The van der Waals surface area contributed by atoms with Crippen LogP contribution in [-0.4, -0.2) is 31.2 Å². The highest BCUT2D eigenvalue weighted by Crippen LogP contribution is 2.43. The average Bonchev–Trinajstić information content (AvgIpc) is 2.85. The zero-order valence-corrected chi connectivity index (χ0v) is 12.1. The molecule has 0 bridgehead atoms. The molecule has 1 fully saturated rings. The summed E-state index contributed by atoms with van der Waals surface area (Å²) in [6.07, 6.45) is 4.59. The summed E-state index contributed by atoms with van der Waals surface area (Å²) >= 11 is 1.43. The Balaban J connectivity index is 1.85. The highest BCUT2D eigenvalue weighted by molar-refractivity contribution is 7.09. The van der Waals surface area contributed by atoms with Crippen molar-refractivity contribution >= 4 is 17.2 Å².